The topological polar surface area (TPSA) is 49.3 Å². The van der Waals surface area contributed by atoms with Crippen LogP contribution in [0.4, 0.5) is 0 Å². The summed E-state index contributed by atoms with van der Waals surface area (Å²) in [7, 11) is 0. The molecule has 0 aliphatic rings. The first-order valence-corrected chi connectivity index (χ1v) is 8.42. The Bertz CT molecular complexity index is 670. The van der Waals surface area contributed by atoms with Gasteiger partial charge in [-0.3, -0.25) is 4.79 Å². The molecule has 0 radical (unpaired) electrons. The van der Waals surface area contributed by atoms with Gasteiger partial charge in [0.2, 0.25) is 0 Å². The zero-order chi connectivity index (χ0) is 16.1. The Balaban J connectivity index is 2.05. The maximum Gasteiger partial charge on any atom is 0.251 e. The Morgan fingerprint density at radius 1 is 1.18 bits per heavy atom. The zero-order valence-electron chi connectivity index (χ0n) is 13.1. The van der Waals surface area contributed by atoms with Crippen molar-refractivity contribution in [3.05, 3.63) is 64.7 Å². The molecule has 2 rings (SSSR count). The first kappa shape index (κ1) is 16.6. The molecule has 0 aliphatic heterocycles. The summed E-state index contributed by atoms with van der Waals surface area (Å²) < 4.78 is 0. The molecule has 4 heteroatoms. The molecule has 1 atom stereocenters. The summed E-state index contributed by atoms with van der Waals surface area (Å²) in [4.78, 5) is 13.4. The Kier molecular flexibility index (Phi) is 5.63. The molecule has 1 unspecified atom stereocenters. The standard InChI is InChI=1S/C18H21NO2S/c1-12-6-4-5-7-15(12)17(20)11-19-18(21)16-10-14(22-3)9-8-13(16)2/h4-10,17,20H,11H2,1-3H3,(H,19,21). The highest BCUT2D eigenvalue weighted by molar-refractivity contribution is 7.98. The summed E-state index contributed by atoms with van der Waals surface area (Å²) in [5.74, 6) is -0.152. The van der Waals surface area contributed by atoms with Crippen molar-refractivity contribution in [2.45, 2.75) is 24.8 Å². The Hall–Kier alpha value is -1.78. The van der Waals surface area contributed by atoms with Crippen LogP contribution in [0.5, 0.6) is 0 Å². The maximum absolute atomic E-state index is 12.3. The van der Waals surface area contributed by atoms with Crippen molar-refractivity contribution in [1.29, 1.82) is 0 Å². The largest absolute Gasteiger partial charge is 0.387 e. The number of carbonyl (C=O) groups excluding carboxylic acids is 1. The summed E-state index contributed by atoms with van der Waals surface area (Å²) in [6.45, 7) is 4.07. The van der Waals surface area contributed by atoms with E-state index in [2.05, 4.69) is 5.32 Å². The van der Waals surface area contributed by atoms with Gasteiger partial charge in [0, 0.05) is 17.0 Å². The average Bonchev–Trinajstić information content (AvgIpc) is 2.53. The quantitative estimate of drug-likeness (QED) is 0.830. The third-order valence-corrected chi connectivity index (χ3v) is 4.42. The summed E-state index contributed by atoms with van der Waals surface area (Å²) in [6.07, 6.45) is 1.28. The number of aliphatic hydroxyl groups excluding tert-OH is 1. The number of nitrogens with one attached hydrogen (secondary N) is 1. The van der Waals surface area contributed by atoms with Crippen molar-refractivity contribution in [2.24, 2.45) is 0 Å². The van der Waals surface area contributed by atoms with Crippen molar-refractivity contribution in [2.75, 3.05) is 12.8 Å². The van der Waals surface area contributed by atoms with Crippen LogP contribution in [0, 0.1) is 13.8 Å². The van der Waals surface area contributed by atoms with Gasteiger partial charge in [0.05, 0.1) is 6.10 Å². The van der Waals surface area contributed by atoms with E-state index < -0.39 is 6.10 Å². The fourth-order valence-electron chi connectivity index (χ4n) is 2.33. The van der Waals surface area contributed by atoms with Crippen molar-refractivity contribution >= 4 is 17.7 Å². The zero-order valence-corrected chi connectivity index (χ0v) is 13.9. The van der Waals surface area contributed by atoms with Crippen LogP contribution in [-0.2, 0) is 0 Å². The molecule has 0 bridgehead atoms. The third kappa shape index (κ3) is 3.90. The van der Waals surface area contributed by atoms with Gasteiger partial charge < -0.3 is 10.4 Å². The molecule has 0 fully saturated rings. The fraction of sp³-hybridized carbons (Fsp3) is 0.278. The number of aryl methyl sites for hydroxylation is 2. The summed E-state index contributed by atoms with van der Waals surface area (Å²) in [5, 5.41) is 13.1. The second-order valence-electron chi connectivity index (χ2n) is 5.26. The van der Waals surface area contributed by atoms with Crippen LogP contribution in [0.3, 0.4) is 0 Å². The van der Waals surface area contributed by atoms with Gasteiger partial charge in [-0.1, -0.05) is 30.3 Å². The van der Waals surface area contributed by atoms with Crippen molar-refractivity contribution in [1.82, 2.24) is 5.32 Å². The van der Waals surface area contributed by atoms with Crippen LogP contribution in [0.2, 0.25) is 0 Å². The Morgan fingerprint density at radius 3 is 2.59 bits per heavy atom. The molecule has 2 aromatic rings. The molecule has 116 valence electrons. The minimum absolute atomic E-state index is 0.152. The van der Waals surface area contributed by atoms with E-state index in [4.69, 9.17) is 0 Å². The van der Waals surface area contributed by atoms with Gasteiger partial charge in [-0.15, -0.1) is 11.8 Å². The molecule has 2 aromatic carbocycles. The number of hydrogen-bond donors (Lipinski definition) is 2. The lowest BCUT2D eigenvalue weighted by Crippen LogP contribution is -2.29. The summed E-state index contributed by atoms with van der Waals surface area (Å²) in [6, 6.07) is 13.5. The van der Waals surface area contributed by atoms with Crippen LogP contribution in [-0.4, -0.2) is 23.8 Å². The van der Waals surface area contributed by atoms with E-state index in [0.29, 0.717) is 5.56 Å². The first-order valence-electron chi connectivity index (χ1n) is 7.19. The monoisotopic (exact) mass is 315 g/mol. The average molecular weight is 315 g/mol. The Morgan fingerprint density at radius 2 is 1.91 bits per heavy atom. The molecule has 0 aromatic heterocycles. The summed E-state index contributed by atoms with van der Waals surface area (Å²) >= 11 is 1.60. The number of carbonyl (C=O) groups is 1. The minimum Gasteiger partial charge on any atom is -0.387 e. The highest BCUT2D eigenvalue weighted by Crippen LogP contribution is 2.20. The number of rotatable bonds is 5. The lowest BCUT2D eigenvalue weighted by molar-refractivity contribution is 0.0915. The van der Waals surface area contributed by atoms with Gasteiger partial charge in [-0.25, -0.2) is 0 Å². The number of amides is 1. The predicted molar refractivity (Wildman–Crippen MR) is 91.4 cm³/mol. The molecule has 0 aliphatic carbocycles. The highest BCUT2D eigenvalue weighted by atomic mass is 32.2. The molecule has 0 saturated heterocycles. The van der Waals surface area contributed by atoms with E-state index >= 15 is 0 Å². The van der Waals surface area contributed by atoms with Crippen LogP contribution >= 0.6 is 11.8 Å². The molecule has 0 saturated carbocycles. The highest BCUT2D eigenvalue weighted by Gasteiger charge is 2.14. The predicted octanol–water partition coefficient (Wildman–Crippen LogP) is 3.49. The molecular formula is C18H21NO2S. The molecule has 22 heavy (non-hydrogen) atoms. The maximum atomic E-state index is 12.3. The smallest absolute Gasteiger partial charge is 0.251 e. The van der Waals surface area contributed by atoms with Gasteiger partial charge in [0.15, 0.2) is 0 Å². The van der Waals surface area contributed by atoms with Crippen molar-refractivity contribution in [3.8, 4) is 0 Å². The molecule has 1 amide bonds. The third-order valence-electron chi connectivity index (χ3n) is 3.69. The van der Waals surface area contributed by atoms with E-state index in [9.17, 15) is 9.90 Å². The number of aliphatic hydroxyl groups is 1. The van der Waals surface area contributed by atoms with Crippen molar-refractivity contribution in [3.63, 3.8) is 0 Å². The van der Waals surface area contributed by atoms with E-state index in [1.165, 1.54) is 0 Å². The van der Waals surface area contributed by atoms with Crippen LogP contribution < -0.4 is 5.32 Å². The van der Waals surface area contributed by atoms with Gasteiger partial charge in [-0.2, -0.15) is 0 Å². The van der Waals surface area contributed by atoms with E-state index in [1.54, 1.807) is 11.8 Å². The molecule has 0 heterocycles. The van der Waals surface area contributed by atoms with E-state index in [0.717, 1.165) is 21.6 Å². The summed E-state index contributed by atoms with van der Waals surface area (Å²) in [5.41, 5.74) is 3.45. The van der Waals surface area contributed by atoms with Gasteiger partial charge in [0.1, 0.15) is 0 Å². The molecule has 3 nitrogen and oxygen atoms in total. The second kappa shape index (κ2) is 7.47. The van der Waals surface area contributed by atoms with E-state index in [1.807, 2.05) is 62.6 Å². The van der Waals surface area contributed by atoms with Crippen LogP contribution in [0.25, 0.3) is 0 Å². The van der Waals surface area contributed by atoms with Gasteiger partial charge in [-0.05, 0) is 48.9 Å². The number of benzene rings is 2. The number of thioether (sulfide) groups is 1. The van der Waals surface area contributed by atoms with Crippen molar-refractivity contribution < 1.29 is 9.90 Å². The van der Waals surface area contributed by atoms with Crippen LogP contribution in [0.15, 0.2) is 47.4 Å². The molecule has 0 spiro atoms. The first-order chi connectivity index (χ1) is 10.5. The normalized spacial score (nSPS) is 12.0. The molecule has 2 N–H and O–H groups in total. The second-order valence-corrected chi connectivity index (χ2v) is 6.14. The SMILES string of the molecule is CSc1ccc(C)c(C(=O)NCC(O)c2ccccc2C)c1. The van der Waals surface area contributed by atoms with Gasteiger partial charge >= 0.3 is 0 Å². The number of hydrogen-bond acceptors (Lipinski definition) is 3. The van der Waals surface area contributed by atoms with E-state index in [-0.39, 0.29) is 12.5 Å². The Labute approximate surface area is 135 Å². The lowest BCUT2D eigenvalue weighted by atomic mass is 10.0. The van der Waals surface area contributed by atoms with Gasteiger partial charge in [0.25, 0.3) is 5.91 Å². The lowest BCUT2D eigenvalue weighted by Gasteiger charge is -2.15. The fourth-order valence-corrected chi connectivity index (χ4v) is 2.77. The molecular weight excluding hydrogens is 294 g/mol. The minimum atomic E-state index is -0.700. The van der Waals surface area contributed by atoms with Crippen LogP contribution in [0.1, 0.15) is 33.2 Å².